The second-order valence-corrected chi connectivity index (χ2v) is 10.9. The first-order valence-electron chi connectivity index (χ1n) is 13.5. The molecule has 1 amide bonds. The highest BCUT2D eigenvalue weighted by Gasteiger charge is 2.21. The molecule has 0 radical (unpaired) electrons. The minimum atomic E-state index is -0.221. The number of benzene rings is 1. The van der Waals surface area contributed by atoms with Gasteiger partial charge < -0.3 is 24.7 Å². The van der Waals surface area contributed by atoms with Gasteiger partial charge in [0.2, 0.25) is 5.95 Å². The van der Waals surface area contributed by atoms with Gasteiger partial charge in [0.1, 0.15) is 0 Å². The summed E-state index contributed by atoms with van der Waals surface area (Å²) in [6.07, 6.45) is 5.78. The Balaban J connectivity index is 1.51. The zero-order valence-corrected chi connectivity index (χ0v) is 23.6. The number of aromatic nitrogens is 4. The molecule has 0 aliphatic carbocycles. The molecule has 0 unspecified atom stereocenters. The molecule has 4 aromatic rings. The summed E-state index contributed by atoms with van der Waals surface area (Å²) in [7, 11) is 2.12. The van der Waals surface area contributed by atoms with Crippen LogP contribution in [0.3, 0.4) is 0 Å². The van der Waals surface area contributed by atoms with Crippen LogP contribution in [0, 0.1) is 20.8 Å². The number of carbonyl (C=O) groups is 1. The molecule has 5 rings (SSSR count). The van der Waals surface area contributed by atoms with E-state index in [-0.39, 0.29) is 24.1 Å². The number of aromatic amines is 1. The fraction of sp³-hybridized carbons (Fsp3) is 0.400. The fourth-order valence-electron chi connectivity index (χ4n) is 5.37. The number of piperazine rings is 1. The predicted octanol–water partition coefficient (Wildman–Crippen LogP) is 3.97. The highest BCUT2D eigenvalue weighted by molar-refractivity contribution is 6.09. The molecule has 1 aliphatic heterocycles. The van der Waals surface area contributed by atoms with E-state index in [4.69, 9.17) is 0 Å². The van der Waals surface area contributed by atoms with E-state index < -0.39 is 0 Å². The second kappa shape index (κ2) is 10.6. The van der Waals surface area contributed by atoms with E-state index in [1.54, 1.807) is 0 Å². The first kappa shape index (κ1) is 26.6. The van der Waals surface area contributed by atoms with Crippen LogP contribution in [0.1, 0.15) is 52.6 Å². The normalized spacial score (nSPS) is 14.4. The van der Waals surface area contributed by atoms with Gasteiger partial charge in [-0.15, -0.1) is 0 Å². The number of H-pyrrole nitrogens is 1. The average molecular weight is 528 g/mol. The van der Waals surface area contributed by atoms with Crippen LogP contribution in [0.4, 0.5) is 5.95 Å². The van der Waals surface area contributed by atoms with Gasteiger partial charge in [0.05, 0.1) is 0 Å². The summed E-state index contributed by atoms with van der Waals surface area (Å²) >= 11 is 0. The molecule has 0 atom stereocenters. The van der Waals surface area contributed by atoms with Gasteiger partial charge in [0.25, 0.3) is 11.5 Å². The lowest BCUT2D eigenvalue weighted by Crippen LogP contribution is -2.45. The van der Waals surface area contributed by atoms with E-state index in [0.29, 0.717) is 11.1 Å². The molecule has 0 saturated carbocycles. The van der Waals surface area contributed by atoms with E-state index >= 15 is 0 Å². The van der Waals surface area contributed by atoms with Crippen LogP contribution in [0.15, 0.2) is 41.6 Å². The van der Waals surface area contributed by atoms with Crippen molar-refractivity contribution >= 4 is 22.8 Å². The Hall–Kier alpha value is -3.98. The summed E-state index contributed by atoms with van der Waals surface area (Å²) in [6.45, 7) is 14.0. The molecule has 204 valence electrons. The number of rotatable bonds is 6. The van der Waals surface area contributed by atoms with E-state index in [2.05, 4.69) is 67.8 Å². The van der Waals surface area contributed by atoms with Crippen molar-refractivity contribution in [1.29, 1.82) is 0 Å². The van der Waals surface area contributed by atoms with Crippen LogP contribution in [0.5, 0.6) is 0 Å². The number of aryl methyl sites for hydroxylation is 3. The maximum atomic E-state index is 13.6. The maximum Gasteiger partial charge on any atom is 0.253 e. The molecule has 9 nitrogen and oxygen atoms in total. The van der Waals surface area contributed by atoms with Gasteiger partial charge in [-0.1, -0.05) is 0 Å². The van der Waals surface area contributed by atoms with Crippen molar-refractivity contribution in [2.75, 3.05) is 38.1 Å². The molecule has 1 aromatic carbocycles. The van der Waals surface area contributed by atoms with Crippen LogP contribution in [-0.2, 0) is 6.54 Å². The van der Waals surface area contributed by atoms with Crippen LogP contribution < -0.4 is 15.8 Å². The number of anilines is 1. The number of pyridine rings is 1. The summed E-state index contributed by atoms with van der Waals surface area (Å²) in [5.74, 6) is 0.506. The lowest BCUT2D eigenvalue weighted by molar-refractivity contribution is 0.0952. The van der Waals surface area contributed by atoms with Crippen LogP contribution in [0.2, 0.25) is 0 Å². The number of carbonyl (C=O) groups excluding carboxylic acids is 1. The number of nitrogens with zero attached hydrogens (tertiary/aromatic N) is 5. The van der Waals surface area contributed by atoms with E-state index in [1.807, 2.05) is 45.3 Å². The molecule has 1 saturated heterocycles. The SMILES string of the molecule is Cc1cc(C)c(CNC(=O)c2cc(-c3cnc(N4CCN(C)CC4)nc3)cc3c2c(C)cn3C(C)C)c(=O)[nH]1. The highest BCUT2D eigenvalue weighted by atomic mass is 16.1. The monoisotopic (exact) mass is 527 g/mol. The third kappa shape index (κ3) is 5.31. The van der Waals surface area contributed by atoms with Crippen LogP contribution >= 0.6 is 0 Å². The largest absolute Gasteiger partial charge is 0.348 e. The van der Waals surface area contributed by atoms with Crippen LogP contribution in [0.25, 0.3) is 22.0 Å². The number of nitrogens with one attached hydrogen (secondary N) is 2. The van der Waals surface area contributed by atoms with Crippen molar-refractivity contribution in [3.05, 3.63) is 75.1 Å². The van der Waals surface area contributed by atoms with Gasteiger partial charge in [0.15, 0.2) is 0 Å². The highest BCUT2D eigenvalue weighted by Crippen LogP contribution is 2.33. The lowest BCUT2D eigenvalue weighted by Gasteiger charge is -2.32. The van der Waals surface area contributed by atoms with Gasteiger partial charge in [-0.05, 0) is 76.6 Å². The Bertz CT molecular complexity index is 1580. The Morgan fingerprint density at radius 1 is 1.00 bits per heavy atom. The molecule has 4 heterocycles. The summed E-state index contributed by atoms with van der Waals surface area (Å²) in [4.78, 5) is 42.9. The molecule has 2 N–H and O–H groups in total. The summed E-state index contributed by atoms with van der Waals surface area (Å²) < 4.78 is 2.19. The third-order valence-corrected chi connectivity index (χ3v) is 7.60. The first-order chi connectivity index (χ1) is 18.6. The van der Waals surface area contributed by atoms with Gasteiger partial charge in [-0.2, -0.15) is 0 Å². The van der Waals surface area contributed by atoms with Gasteiger partial charge >= 0.3 is 0 Å². The van der Waals surface area contributed by atoms with Crippen molar-refractivity contribution < 1.29 is 4.79 Å². The Kier molecular flexibility index (Phi) is 7.27. The summed E-state index contributed by atoms with van der Waals surface area (Å²) in [6, 6.07) is 6.16. The van der Waals surface area contributed by atoms with Gasteiger partial charge in [-0.25, -0.2) is 9.97 Å². The molecule has 39 heavy (non-hydrogen) atoms. The van der Waals surface area contributed by atoms with Crippen molar-refractivity contribution in [3.8, 4) is 11.1 Å². The molecule has 1 aliphatic rings. The number of hydrogen-bond acceptors (Lipinski definition) is 6. The number of amides is 1. The summed E-state index contributed by atoms with van der Waals surface area (Å²) in [5.41, 5.74) is 6.36. The molecule has 0 spiro atoms. The van der Waals surface area contributed by atoms with Gasteiger partial charge in [0, 0.05) is 90.6 Å². The minimum Gasteiger partial charge on any atom is -0.348 e. The molecule has 0 bridgehead atoms. The second-order valence-electron chi connectivity index (χ2n) is 10.9. The molecular weight excluding hydrogens is 490 g/mol. The number of likely N-dealkylation sites (N-methyl/N-ethyl adjacent to an activating group) is 1. The number of fused-ring (bicyclic) bond motifs is 1. The van der Waals surface area contributed by atoms with E-state index in [1.165, 1.54) is 0 Å². The summed E-state index contributed by atoms with van der Waals surface area (Å²) in [5, 5.41) is 3.91. The number of hydrogen-bond donors (Lipinski definition) is 2. The van der Waals surface area contributed by atoms with Crippen molar-refractivity contribution in [3.63, 3.8) is 0 Å². The minimum absolute atomic E-state index is 0.152. The molecule has 1 fully saturated rings. The Morgan fingerprint density at radius 3 is 2.33 bits per heavy atom. The fourth-order valence-corrected chi connectivity index (χ4v) is 5.37. The van der Waals surface area contributed by atoms with Gasteiger partial charge in [-0.3, -0.25) is 9.59 Å². The third-order valence-electron chi connectivity index (χ3n) is 7.60. The predicted molar refractivity (Wildman–Crippen MR) is 156 cm³/mol. The van der Waals surface area contributed by atoms with E-state index in [0.717, 1.165) is 71.0 Å². The van der Waals surface area contributed by atoms with Crippen molar-refractivity contribution in [1.82, 2.24) is 29.7 Å². The standard InChI is InChI=1S/C30H37N7O2/c1-18(2)37-17-20(4)27-24(28(38)31-16-25-19(3)11-21(5)34-29(25)39)12-22(13-26(27)37)23-14-32-30(33-15-23)36-9-7-35(6)8-10-36/h11-15,17-18H,7-10,16H2,1-6H3,(H,31,38)(H,34,39). The molecular formula is C30H37N7O2. The Morgan fingerprint density at radius 2 is 1.69 bits per heavy atom. The van der Waals surface area contributed by atoms with Crippen LogP contribution in [-0.4, -0.2) is 63.6 Å². The molecule has 9 heteroatoms. The lowest BCUT2D eigenvalue weighted by atomic mass is 9.99. The maximum absolute atomic E-state index is 13.6. The quantitative estimate of drug-likeness (QED) is 0.394. The first-order valence-corrected chi connectivity index (χ1v) is 13.5. The topological polar surface area (TPSA) is 99.2 Å². The van der Waals surface area contributed by atoms with Crippen molar-refractivity contribution in [2.24, 2.45) is 0 Å². The smallest absolute Gasteiger partial charge is 0.253 e. The van der Waals surface area contributed by atoms with E-state index in [9.17, 15) is 9.59 Å². The Labute approximate surface area is 228 Å². The average Bonchev–Trinajstić information content (AvgIpc) is 3.24. The molecule has 3 aromatic heterocycles. The van der Waals surface area contributed by atoms with Crippen molar-refractivity contribution in [2.45, 2.75) is 47.2 Å². The zero-order chi connectivity index (χ0) is 27.8. The zero-order valence-electron chi connectivity index (χ0n) is 23.6.